The average molecular weight is 145 g/mol. The molecule has 0 aromatic heterocycles. The van der Waals surface area contributed by atoms with Crippen LogP contribution < -0.4 is 5.43 Å². The molecule has 0 aromatic rings. The largest absolute Gasteiger partial charge is 0.308 e. The highest BCUT2D eigenvalue weighted by molar-refractivity contribution is 5.57. The summed E-state index contributed by atoms with van der Waals surface area (Å²) in [5, 5.41) is 3.59. The summed E-state index contributed by atoms with van der Waals surface area (Å²) < 4.78 is 12.8. The monoisotopic (exact) mass is 145 g/mol. The number of hydrogen-bond acceptors (Lipinski definition) is 3. The minimum atomic E-state index is -1.17. The summed E-state index contributed by atoms with van der Waals surface area (Å²) in [6.45, 7) is 5.79. The first kappa shape index (κ1) is 7.31. The molecular formula is C6H12FN3. The minimum Gasteiger partial charge on any atom is -0.308 e. The third-order valence-electron chi connectivity index (χ3n) is 1.38. The van der Waals surface area contributed by atoms with Gasteiger partial charge >= 0.3 is 0 Å². The molecule has 0 spiro atoms. The normalized spacial score (nSPS) is 25.2. The number of hydrogen-bond donors (Lipinski definition) is 1. The molecule has 1 N–H and O–H groups in total. The minimum absolute atomic E-state index is 0.202. The Morgan fingerprint density at radius 1 is 1.60 bits per heavy atom. The van der Waals surface area contributed by atoms with Crippen molar-refractivity contribution in [3.8, 4) is 0 Å². The van der Waals surface area contributed by atoms with Crippen molar-refractivity contribution in [3.63, 3.8) is 0 Å². The van der Waals surface area contributed by atoms with Gasteiger partial charge in [0.15, 0.2) is 0 Å². The Morgan fingerprint density at radius 2 is 2.20 bits per heavy atom. The molecule has 0 bridgehead atoms. The second-order valence-electron chi connectivity index (χ2n) is 3.29. The van der Waals surface area contributed by atoms with Gasteiger partial charge in [0, 0.05) is 5.54 Å². The van der Waals surface area contributed by atoms with E-state index in [1.165, 1.54) is 11.2 Å². The molecule has 0 radical (unpaired) electrons. The molecule has 0 saturated carbocycles. The van der Waals surface area contributed by atoms with Crippen LogP contribution in [0.15, 0.2) is 5.10 Å². The number of halogens is 1. The average Bonchev–Trinajstić information content (AvgIpc) is 2.11. The SMILES string of the molecule is CC(C)(C)N1C=NNC1F. The molecule has 1 aliphatic heterocycles. The molecule has 1 rings (SSSR count). The van der Waals surface area contributed by atoms with E-state index in [1.807, 2.05) is 20.8 Å². The Bertz CT molecular complexity index is 150. The summed E-state index contributed by atoms with van der Waals surface area (Å²) in [6, 6.07) is 0. The van der Waals surface area contributed by atoms with Crippen LogP contribution in [0.4, 0.5) is 4.39 Å². The maximum Gasteiger partial charge on any atom is 0.263 e. The van der Waals surface area contributed by atoms with E-state index in [2.05, 4.69) is 10.5 Å². The molecule has 1 heterocycles. The van der Waals surface area contributed by atoms with Gasteiger partial charge in [-0.2, -0.15) is 9.49 Å². The van der Waals surface area contributed by atoms with Crippen LogP contribution >= 0.6 is 0 Å². The number of nitrogens with one attached hydrogen (secondary N) is 1. The molecule has 0 aliphatic carbocycles. The summed E-state index contributed by atoms with van der Waals surface area (Å²) in [5.41, 5.74) is 2.10. The van der Waals surface area contributed by atoms with Crippen LogP contribution in [0.3, 0.4) is 0 Å². The van der Waals surface area contributed by atoms with Gasteiger partial charge in [-0.05, 0) is 20.8 Å². The lowest BCUT2D eigenvalue weighted by atomic mass is 10.1. The Balaban J connectivity index is 2.64. The summed E-state index contributed by atoms with van der Waals surface area (Å²) in [7, 11) is 0. The van der Waals surface area contributed by atoms with Crippen molar-refractivity contribution in [2.24, 2.45) is 5.10 Å². The number of rotatable bonds is 0. The van der Waals surface area contributed by atoms with E-state index in [1.54, 1.807) is 0 Å². The lowest BCUT2D eigenvalue weighted by Crippen LogP contribution is -2.45. The third-order valence-corrected chi connectivity index (χ3v) is 1.38. The Labute approximate surface area is 59.9 Å². The van der Waals surface area contributed by atoms with Crippen LogP contribution in [0.1, 0.15) is 20.8 Å². The van der Waals surface area contributed by atoms with Gasteiger partial charge in [0.1, 0.15) is 6.34 Å². The molecule has 0 saturated heterocycles. The third kappa shape index (κ3) is 1.20. The predicted octanol–water partition coefficient (Wildman–Crippen LogP) is 0.887. The van der Waals surface area contributed by atoms with Crippen LogP contribution in [-0.4, -0.2) is 23.2 Å². The van der Waals surface area contributed by atoms with Gasteiger partial charge in [-0.25, -0.2) is 0 Å². The second-order valence-corrected chi connectivity index (χ2v) is 3.29. The Kier molecular flexibility index (Phi) is 1.54. The molecule has 3 nitrogen and oxygen atoms in total. The predicted molar refractivity (Wildman–Crippen MR) is 38.1 cm³/mol. The lowest BCUT2D eigenvalue weighted by molar-refractivity contribution is 0.0743. The fraction of sp³-hybridized carbons (Fsp3) is 0.833. The van der Waals surface area contributed by atoms with Crippen LogP contribution in [-0.2, 0) is 0 Å². The quantitative estimate of drug-likeness (QED) is 0.512. The molecular weight excluding hydrogens is 133 g/mol. The molecule has 1 atom stereocenters. The number of alkyl halides is 1. The van der Waals surface area contributed by atoms with Gasteiger partial charge < -0.3 is 4.90 Å². The lowest BCUT2D eigenvalue weighted by Gasteiger charge is -2.31. The smallest absolute Gasteiger partial charge is 0.263 e. The molecule has 1 aliphatic rings. The van der Waals surface area contributed by atoms with E-state index in [4.69, 9.17) is 0 Å². The van der Waals surface area contributed by atoms with Gasteiger partial charge in [-0.1, -0.05) is 0 Å². The van der Waals surface area contributed by atoms with Crippen LogP contribution in [0.5, 0.6) is 0 Å². The summed E-state index contributed by atoms with van der Waals surface area (Å²) >= 11 is 0. The number of hydrazone groups is 1. The highest BCUT2D eigenvalue weighted by atomic mass is 19.1. The van der Waals surface area contributed by atoms with Gasteiger partial charge in [0.05, 0.1) is 0 Å². The van der Waals surface area contributed by atoms with Crippen molar-refractivity contribution in [1.29, 1.82) is 0 Å². The van der Waals surface area contributed by atoms with E-state index in [9.17, 15) is 4.39 Å². The van der Waals surface area contributed by atoms with Gasteiger partial charge in [0.25, 0.3) is 6.42 Å². The molecule has 10 heavy (non-hydrogen) atoms. The summed E-state index contributed by atoms with van der Waals surface area (Å²) in [5.74, 6) is 0. The van der Waals surface area contributed by atoms with E-state index >= 15 is 0 Å². The van der Waals surface area contributed by atoms with E-state index in [0.717, 1.165) is 0 Å². The molecule has 58 valence electrons. The molecule has 0 fully saturated rings. The molecule has 0 amide bonds. The van der Waals surface area contributed by atoms with E-state index in [-0.39, 0.29) is 5.54 Å². The van der Waals surface area contributed by atoms with Crippen molar-refractivity contribution in [2.75, 3.05) is 0 Å². The fourth-order valence-corrected chi connectivity index (χ4v) is 0.791. The van der Waals surface area contributed by atoms with Crippen molar-refractivity contribution >= 4 is 6.34 Å². The molecule has 0 aromatic carbocycles. The van der Waals surface area contributed by atoms with Crippen molar-refractivity contribution < 1.29 is 4.39 Å². The van der Waals surface area contributed by atoms with Crippen LogP contribution in [0, 0.1) is 0 Å². The van der Waals surface area contributed by atoms with Crippen LogP contribution in [0.25, 0.3) is 0 Å². The van der Waals surface area contributed by atoms with Crippen molar-refractivity contribution in [3.05, 3.63) is 0 Å². The first-order valence-corrected chi connectivity index (χ1v) is 3.23. The van der Waals surface area contributed by atoms with Gasteiger partial charge in [-0.15, -0.1) is 0 Å². The van der Waals surface area contributed by atoms with Crippen molar-refractivity contribution in [1.82, 2.24) is 10.3 Å². The fourth-order valence-electron chi connectivity index (χ4n) is 0.791. The highest BCUT2D eigenvalue weighted by Crippen LogP contribution is 2.16. The second kappa shape index (κ2) is 2.11. The van der Waals surface area contributed by atoms with E-state index < -0.39 is 6.42 Å². The Hall–Kier alpha value is -0.800. The van der Waals surface area contributed by atoms with Crippen LogP contribution in [0.2, 0.25) is 0 Å². The topological polar surface area (TPSA) is 27.6 Å². The summed E-state index contributed by atoms with van der Waals surface area (Å²) in [4.78, 5) is 1.52. The highest BCUT2D eigenvalue weighted by Gasteiger charge is 2.28. The Morgan fingerprint density at radius 3 is 2.40 bits per heavy atom. The van der Waals surface area contributed by atoms with E-state index in [0.29, 0.717) is 0 Å². The standard InChI is InChI=1S/C6H12FN3/c1-6(2,3)10-4-8-9-5(10)7/h4-5,9H,1-3H3. The zero-order chi connectivity index (χ0) is 7.78. The van der Waals surface area contributed by atoms with Crippen molar-refractivity contribution in [2.45, 2.75) is 32.7 Å². The molecule has 4 heteroatoms. The van der Waals surface area contributed by atoms with Gasteiger partial charge in [0.2, 0.25) is 0 Å². The maximum absolute atomic E-state index is 12.8. The molecule has 1 unspecified atom stereocenters. The first-order chi connectivity index (χ1) is 4.52. The maximum atomic E-state index is 12.8. The van der Waals surface area contributed by atoms with Gasteiger partial charge in [-0.3, -0.25) is 5.43 Å². The zero-order valence-corrected chi connectivity index (χ0v) is 6.43. The zero-order valence-electron chi connectivity index (χ0n) is 6.43. The number of nitrogens with zero attached hydrogens (tertiary/aromatic N) is 2. The summed E-state index contributed by atoms with van der Waals surface area (Å²) in [6.07, 6.45) is 0.310. The first-order valence-electron chi connectivity index (χ1n) is 3.23.